The van der Waals surface area contributed by atoms with Crippen LogP contribution in [0.25, 0.3) is 10.8 Å². The van der Waals surface area contributed by atoms with E-state index in [-0.39, 0.29) is 23.6 Å². The SMILES string of the molecule is CN(CC(=O)O)C(=O)c1nccc2ccc(C(C)(C)C)cc12. The van der Waals surface area contributed by atoms with E-state index in [4.69, 9.17) is 5.11 Å². The lowest BCUT2D eigenvalue weighted by molar-refractivity contribution is -0.137. The lowest BCUT2D eigenvalue weighted by Gasteiger charge is -2.20. The van der Waals surface area contributed by atoms with Crippen molar-refractivity contribution < 1.29 is 14.7 Å². The molecule has 0 atom stereocenters. The molecule has 116 valence electrons. The third-order valence-electron chi connectivity index (χ3n) is 3.55. The highest BCUT2D eigenvalue weighted by atomic mass is 16.4. The smallest absolute Gasteiger partial charge is 0.323 e. The standard InChI is InChI=1S/C17H20N2O3/c1-17(2,3)12-6-5-11-7-8-18-15(13(11)9-12)16(22)19(4)10-14(20)21/h5-9H,10H2,1-4H3,(H,20,21). The third-order valence-corrected chi connectivity index (χ3v) is 3.55. The van der Waals surface area contributed by atoms with Crippen LogP contribution in [0.1, 0.15) is 36.8 Å². The Balaban J connectivity index is 2.54. The van der Waals surface area contributed by atoms with Crippen molar-refractivity contribution in [2.75, 3.05) is 13.6 Å². The van der Waals surface area contributed by atoms with E-state index in [1.807, 2.05) is 24.3 Å². The van der Waals surface area contributed by atoms with Crippen LogP contribution < -0.4 is 0 Å². The summed E-state index contributed by atoms with van der Waals surface area (Å²) in [5, 5.41) is 10.5. The molecular weight excluding hydrogens is 280 g/mol. The Morgan fingerprint density at radius 3 is 2.50 bits per heavy atom. The van der Waals surface area contributed by atoms with Gasteiger partial charge in [0.05, 0.1) is 0 Å². The topological polar surface area (TPSA) is 70.5 Å². The number of likely N-dealkylation sites (N-methyl/N-ethyl adjacent to an activating group) is 1. The Morgan fingerprint density at radius 1 is 1.23 bits per heavy atom. The van der Waals surface area contributed by atoms with Crippen LogP contribution >= 0.6 is 0 Å². The van der Waals surface area contributed by atoms with E-state index < -0.39 is 5.97 Å². The molecule has 22 heavy (non-hydrogen) atoms. The van der Waals surface area contributed by atoms with Gasteiger partial charge in [0.1, 0.15) is 12.2 Å². The number of carboxylic acid groups (broad SMARTS) is 1. The number of nitrogens with zero attached hydrogens (tertiary/aromatic N) is 2. The van der Waals surface area contributed by atoms with E-state index in [9.17, 15) is 9.59 Å². The van der Waals surface area contributed by atoms with Gasteiger partial charge in [-0.05, 0) is 28.5 Å². The average Bonchev–Trinajstić information content (AvgIpc) is 2.43. The fourth-order valence-electron chi connectivity index (χ4n) is 2.26. The second kappa shape index (κ2) is 5.75. The van der Waals surface area contributed by atoms with Crippen molar-refractivity contribution in [1.82, 2.24) is 9.88 Å². The van der Waals surface area contributed by atoms with Crippen molar-refractivity contribution in [3.8, 4) is 0 Å². The second-order valence-electron chi connectivity index (χ2n) is 6.40. The van der Waals surface area contributed by atoms with Gasteiger partial charge < -0.3 is 10.0 Å². The quantitative estimate of drug-likeness (QED) is 0.946. The predicted molar refractivity (Wildman–Crippen MR) is 85.0 cm³/mol. The summed E-state index contributed by atoms with van der Waals surface area (Å²) < 4.78 is 0. The molecule has 0 radical (unpaired) electrons. The fourth-order valence-corrected chi connectivity index (χ4v) is 2.26. The Hall–Kier alpha value is -2.43. The van der Waals surface area contributed by atoms with Gasteiger partial charge in [0.25, 0.3) is 5.91 Å². The number of hydrogen-bond acceptors (Lipinski definition) is 3. The molecule has 0 unspecified atom stereocenters. The number of hydrogen-bond donors (Lipinski definition) is 1. The zero-order valence-corrected chi connectivity index (χ0v) is 13.3. The molecule has 0 fully saturated rings. The van der Waals surface area contributed by atoms with Gasteiger partial charge in [0.15, 0.2) is 0 Å². The van der Waals surface area contributed by atoms with Gasteiger partial charge in [0.2, 0.25) is 0 Å². The highest BCUT2D eigenvalue weighted by Crippen LogP contribution is 2.27. The Kier molecular flexibility index (Phi) is 4.17. The Morgan fingerprint density at radius 2 is 1.91 bits per heavy atom. The largest absolute Gasteiger partial charge is 0.480 e. The van der Waals surface area contributed by atoms with Crippen molar-refractivity contribution >= 4 is 22.6 Å². The maximum Gasteiger partial charge on any atom is 0.323 e. The minimum Gasteiger partial charge on any atom is -0.480 e. The van der Waals surface area contributed by atoms with E-state index in [2.05, 4.69) is 25.8 Å². The molecule has 5 heteroatoms. The first kappa shape index (κ1) is 15.9. The zero-order chi connectivity index (χ0) is 16.5. The summed E-state index contributed by atoms with van der Waals surface area (Å²) >= 11 is 0. The van der Waals surface area contributed by atoms with Gasteiger partial charge in [-0.3, -0.25) is 14.6 Å². The summed E-state index contributed by atoms with van der Waals surface area (Å²) in [6, 6.07) is 7.81. The van der Waals surface area contributed by atoms with Crippen LogP contribution in [0.2, 0.25) is 0 Å². The number of carboxylic acids is 1. The van der Waals surface area contributed by atoms with Crippen molar-refractivity contribution in [1.29, 1.82) is 0 Å². The fraction of sp³-hybridized carbons (Fsp3) is 0.353. The first-order chi connectivity index (χ1) is 10.2. The molecule has 1 aromatic carbocycles. The molecule has 1 heterocycles. The second-order valence-corrected chi connectivity index (χ2v) is 6.40. The summed E-state index contributed by atoms with van der Waals surface area (Å²) in [6.45, 7) is 5.95. The molecule has 2 aromatic rings. The molecule has 0 aliphatic heterocycles. The van der Waals surface area contributed by atoms with Crippen molar-refractivity contribution in [2.45, 2.75) is 26.2 Å². The third kappa shape index (κ3) is 3.24. The average molecular weight is 300 g/mol. The molecule has 0 bridgehead atoms. The summed E-state index contributed by atoms with van der Waals surface area (Å²) in [5.41, 5.74) is 1.34. The number of carbonyl (C=O) groups is 2. The summed E-state index contributed by atoms with van der Waals surface area (Å²) in [4.78, 5) is 28.6. The number of aliphatic carboxylic acids is 1. The zero-order valence-electron chi connectivity index (χ0n) is 13.3. The van der Waals surface area contributed by atoms with Crippen LogP contribution in [-0.4, -0.2) is 40.5 Å². The van der Waals surface area contributed by atoms with Crippen LogP contribution in [0, 0.1) is 0 Å². The number of benzene rings is 1. The van der Waals surface area contributed by atoms with Crippen LogP contribution in [0.4, 0.5) is 0 Å². The molecule has 5 nitrogen and oxygen atoms in total. The van der Waals surface area contributed by atoms with E-state index in [1.54, 1.807) is 6.20 Å². The molecule has 0 saturated heterocycles. The summed E-state index contributed by atoms with van der Waals surface area (Å²) in [6.07, 6.45) is 1.57. The van der Waals surface area contributed by atoms with Gasteiger partial charge in [-0.15, -0.1) is 0 Å². The molecule has 0 aliphatic rings. The van der Waals surface area contributed by atoms with Gasteiger partial charge >= 0.3 is 5.97 Å². The summed E-state index contributed by atoms with van der Waals surface area (Å²) in [7, 11) is 1.46. The monoisotopic (exact) mass is 300 g/mol. The lowest BCUT2D eigenvalue weighted by Crippen LogP contribution is -2.32. The molecule has 1 N–H and O–H groups in total. The van der Waals surface area contributed by atoms with Crippen molar-refractivity contribution in [3.05, 3.63) is 41.7 Å². The maximum atomic E-state index is 12.5. The van der Waals surface area contributed by atoms with Crippen LogP contribution in [0.3, 0.4) is 0 Å². The first-order valence-electron chi connectivity index (χ1n) is 7.06. The minimum atomic E-state index is -1.05. The number of amides is 1. The predicted octanol–water partition coefficient (Wildman–Crippen LogP) is 2.69. The number of carbonyl (C=O) groups excluding carboxylic acids is 1. The van der Waals surface area contributed by atoms with Gasteiger partial charge in [-0.25, -0.2) is 0 Å². The van der Waals surface area contributed by atoms with Gasteiger partial charge in [-0.2, -0.15) is 0 Å². The Bertz CT molecular complexity index is 732. The van der Waals surface area contributed by atoms with E-state index >= 15 is 0 Å². The number of fused-ring (bicyclic) bond motifs is 1. The normalized spacial score (nSPS) is 11.5. The first-order valence-corrected chi connectivity index (χ1v) is 7.06. The van der Waals surface area contributed by atoms with Crippen LogP contribution in [0.5, 0.6) is 0 Å². The number of rotatable bonds is 3. The molecule has 1 amide bonds. The Labute approximate surface area is 129 Å². The highest BCUT2D eigenvalue weighted by molar-refractivity contribution is 6.05. The molecule has 2 rings (SSSR count). The molecule has 0 aliphatic carbocycles. The van der Waals surface area contributed by atoms with Crippen LogP contribution in [-0.2, 0) is 10.2 Å². The van der Waals surface area contributed by atoms with Gasteiger partial charge in [-0.1, -0.05) is 32.9 Å². The van der Waals surface area contributed by atoms with E-state index in [0.29, 0.717) is 0 Å². The maximum absolute atomic E-state index is 12.5. The van der Waals surface area contributed by atoms with Crippen molar-refractivity contribution in [2.24, 2.45) is 0 Å². The number of pyridine rings is 1. The summed E-state index contributed by atoms with van der Waals surface area (Å²) in [5.74, 6) is -1.44. The molecule has 1 aromatic heterocycles. The minimum absolute atomic E-state index is 0.0443. The van der Waals surface area contributed by atoms with Crippen LogP contribution in [0.15, 0.2) is 30.5 Å². The van der Waals surface area contributed by atoms with E-state index in [0.717, 1.165) is 21.2 Å². The lowest BCUT2D eigenvalue weighted by atomic mass is 9.86. The van der Waals surface area contributed by atoms with E-state index in [1.165, 1.54) is 7.05 Å². The molecular formula is C17H20N2O3. The highest BCUT2D eigenvalue weighted by Gasteiger charge is 2.20. The van der Waals surface area contributed by atoms with Gasteiger partial charge in [0, 0.05) is 18.6 Å². The number of aromatic nitrogens is 1. The van der Waals surface area contributed by atoms with Crippen molar-refractivity contribution in [3.63, 3.8) is 0 Å². The molecule has 0 spiro atoms. The molecule has 0 saturated carbocycles.